The molecular weight excluding hydrogens is 313 g/mol. The number of nitrogens with one attached hydrogen (secondary N) is 1. The first kappa shape index (κ1) is 15.7. The Morgan fingerprint density at radius 3 is 2.57 bits per heavy atom. The molecule has 0 spiro atoms. The molecule has 4 nitrogen and oxygen atoms in total. The SMILES string of the molecule is CC(C(=O)Nc1ccc(S(C)(=O)=O)c(F)c1)c1cccs1. The highest BCUT2D eigenvalue weighted by atomic mass is 32.2. The summed E-state index contributed by atoms with van der Waals surface area (Å²) < 4.78 is 36.4. The summed E-state index contributed by atoms with van der Waals surface area (Å²) in [6.45, 7) is 1.75. The van der Waals surface area contributed by atoms with Crippen LogP contribution in [0.15, 0.2) is 40.6 Å². The molecule has 0 fully saturated rings. The zero-order valence-corrected chi connectivity index (χ0v) is 13.1. The third kappa shape index (κ3) is 3.68. The van der Waals surface area contributed by atoms with Gasteiger partial charge in [-0.2, -0.15) is 0 Å². The van der Waals surface area contributed by atoms with Crippen LogP contribution in [0.1, 0.15) is 17.7 Å². The Bertz CT molecular complexity index is 755. The number of hydrogen-bond acceptors (Lipinski definition) is 4. The Hall–Kier alpha value is -1.73. The fourth-order valence-electron chi connectivity index (χ4n) is 1.80. The average Bonchev–Trinajstić information content (AvgIpc) is 2.90. The fraction of sp³-hybridized carbons (Fsp3) is 0.214. The molecule has 1 amide bonds. The number of rotatable bonds is 4. The molecule has 0 radical (unpaired) electrons. The van der Waals surface area contributed by atoms with E-state index in [2.05, 4.69) is 5.32 Å². The van der Waals surface area contributed by atoms with Gasteiger partial charge < -0.3 is 5.32 Å². The van der Waals surface area contributed by atoms with Crippen LogP contribution < -0.4 is 5.32 Å². The Morgan fingerprint density at radius 1 is 1.33 bits per heavy atom. The second-order valence-corrected chi connectivity index (χ2v) is 7.61. The van der Waals surface area contributed by atoms with Crippen molar-refractivity contribution in [3.63, 3.8) is 0 Å². The maximum Gasteiger partial charge on any atom is 0.232 e. The Kier molecular flexibility index (Phi) is 4.43. The van der Waals surface area contributed by atoms with Crippen LogP contribution in [-0.2, 0) is 14.6 Å². The van der Waals surface area contributed by atoms with Crippen molar-refractivity contribution >= 4 is 32.8 Å². The van der Waals surface area contributed by atoms with E-state index in [0.717, 1.165) is 23.3 Å². The Balaban J connectivity index is 2.17. The fourth-order valence-corrected chi connectivity index (χ4v) is 3.31. The molecule has 1 aromatic heterocycles. The minimum Gasteiger partial charge on any atom is -0.325 e. The third-order valence-corrected chi connectivity index (χ3v) is 5.15. The predicted molar refractivity (Wildman–Crippen MR) is 80.9 cm³/mol. The molecule has 2 aromatic rings. The van der Waals surface area contributed by atoms with Gasteiger partial charge in [-0.05, 0) is 36.6 Å². The topological polar surface area (TPSA) is 63.2 Å². The molecule has 1 heterocycles. The molecule has 2 rings (SSSR count). The summed E-state index contributed by atoms with van der Waals surface area (Å²) in [7, 11) is -3.62. The number of benzene rings is 1. The van der Waals surface area contributed by atoms with Crippen molar-refractivity contribution in [1.82, 2.24) is 0 Å². The number of carbonyl (C=O) groups excluding carboxylic acids is 1. The van der Waals surface area contributed by atoms with E-state index in [9.17, 15) is 17.6 Å². The number of amides is 1. The van der Waals surface area contributed by atoms with E-state index in [0.29, 0.717) is 0 Å². The van der Waals surface area contributed by atoms with Crippen LogP contribution in [0.25, 0.3) is 0 Å². The molecule has 0 saturated heterocycles. The largest absolute Gasteiger partial charge is 0.325 e. The number of anilines is 1. The highest BCUT2D eigenvalue weighted by Crippen LogP contribution is 2.24. The molecule has 0 bridgehead atoms. The molecule has 1 aromatic carbocycles. The number of halogens is 1. The normalized spacial score (nSPS) is 12.9. The predicted octanol–water partition coefficient (Wildman–Crippen LogP) is 3.03. The summed E-state index contributed by atoms with van der Waals surface area (Å²) in [5, 5.41) is 4.46. The summed E-state index contributed by atoms with van der Waals surface area (Å²) in [6, 6.07) is 7.23. The lowest BCUT2D eigenvalue weighted by Gasteiger charge is -2.11. The maximum atomic E-state index is 13.7. The Labute approximate surface area is 126 Å². The Morgan fingerprint density at radius 2 is 2.05 bits per heavy atom. The van der Waals surface area contributed by atoms with E-state index in [1.54, 1.807) is 6.92 Å². The molecule has 1 N–H and O–H groups in total. The van der Waals surface area contributed by atoms with Gasteiger partial charge in [-0.25, -0.2) is 12.8 Å². The van der Waals surface area contributed by atoms with Crippen LogP contribution in [0.4, 0.5) is 10.1 Å². The number of carbonyl (C=O) groups is 1. The third-order valence-electron chi connectivity index (χ3n) is 2.96. The molecule has 1 unspecified atom stereocenters. The van der Waals surface area contributed by atoms with Crippen molar-refractivity contribution in [3.8, 4) is 0 Å². The van der Waals surface area contributed by atoms with Crippen LogP contribution >= 0.6 is 11.3 Å². The lowest BCUT2D eigenvalue weighted by Crippen LogP contribution is -2.18. The standard InChI is InChI=1S/C14H14FNO3S2/c1-9(12-4-3-7-20-12)14(17)16-10-5-6-13(11(15)8-10)21(2,18)19/h3-9H,1-2H3,(H,16,17). The van der Waals surface area contributed by atoms with E-state index in [-0.39, 0.29) is 22.4 Å². The summed E-state index contributed by atoms with van der Waals surface area (Å²) >= 11 is 1.46. The van der Waals surface area contributed by atoms with Crippen LogP contribution in [0.5, 0.6) is 0 Å². The lowest BCUT2D eigenvalue weighted by molar-refractivity contribution is -0.117. The quantitative estimate of drug-likeness (QED) is 0.939. The van der Waals surface area contributed by atoms with E-state index >= 15 is 0 Å². The minimum atomic E-state index is -3.62. The molecule has 0 aliphatic carbocycles. The van der Waals surface area contributed by atoms with Gasteiger partial charge in [0.15, 0.2) is 9.84 Å². The number of hydrogen-bond donors (Lipinski definition) is 1. The van der Waals surface area contributed by atoms with Gasteiger partial charge in [-0.3, -0.25) is 4.79 Å². The number of sulfone groups is 1. The van der Waals surface area contributed by atoms with Gasteiger partial charge in [-0.1, -0.05) is 6.07 Å². The first-order valence-corrected chi connectivity index (χ1v) is 8.90. The first-order chi connectivity index (χ1) is 9.79. The summed E-state index contributed by atoms with van der Waals surface area (Å²) in [5.74, 6) is -1.51. The van der Waals surface area contributed by atoms with Gasteiger partial charge in [0.25, 0.3) is 0 Å². The molecule has 0 aliphatic heterocycles. The van der Waals surface area contributed by atoms with Gasteiger partial charge in [-0.15, -0.1) is 11.3 Å². The summed E-state index contributed by atoms with van der Waals surface area (Å²) in [6.07, 6.45) is 0.933. The highest BCUT2D eigenvalue weighted by Gasteiger charge is 2.18. The van der Waals surface area contributed by atoms with Crippen molar-refractivity contribution < 1.29 is 17.6 Å². The maximum absolute atomic E-state index is 13.7. The van der Waals surface area contributed by atoms with E-state index < -0.39 is 15.7 Å². The number of thiophene rings is 1. The first-order valence-electron chi connectivity index (χ1n) is 6.13. The average molecular weight is 327 g/mol. The van der Waals surface area contributed by atoms with E-state index in [1.165, 1.54) is 17.4 Å². The highest BCUT2D eigenvalue weighted by molar-refractivity contribution is 7.90. The van der Waals surface area contributed by atoms with Crippen molar-refractivity contribution in [2.24, 2.45) is 0 Å². The van der Waals surface area contributed by atoms with Crippen LogP contribution in [-0.4, -0.2) is 20.6 Å². The molecular formula is C14H14FNO3S2. The molecule has 21 heavy (non-hydrogen) atoms. The second kappa shape index (κ2) is 5.95. The van der Waals surface area contributed by atoms with Crippen molar-refractivity contribution in [1.29, 1.82) is 0 Å². The minimum absolute atomic E-state index is 0.230. The summed E-state index contributed by atoms with van der Waals surface area (Å²) in [5.41, 5.74) is 0.230. The zero-order chi connectivity index (χ0) is 15.6. The van der Waals surface area contributed by atoms with Crippen molar-refractivity contribution in [2.75, 3.05) is 11.6 Å². The second-order valence-electron chi connectivity index (χ2n) is 4.64. The summed E-state index contributed by atoms with van der Waals surface area (Å²) in [4.78, 5) is 12.6. The molecule has 7 heteroatoms. The van der Waals surface area contributed by atoms with Gasteiger partial charge in [0.2, 0.25) is 5.91 Å². The smallest absolute Gasteiger partial charge is 0.232 e. The van der Waals surface area contributed by atoms with Crippen molar-refractivity contribution in [3.05, 3.63) is 46.4 Å². The van der Waals surface area contributed by atoms with Crippen LogP contribution in [0.3, 0.4) is 0 Å². The lowest BCUT2D eigenvalue weighted by atomic mass is 10.1. The van der Waals surface area contributed by atoms with Crippen molar-refractivity contribution in [2.45, 2.75) is 17.7 Å². The van der Waals surface area contributed by atoms with Crippen LogP contribution in [0, 0.1) is 5.82 Å². The molecule has 0 aliphatic rings. The molecule has 1 atom stereocenters. The van der Waals surface area contributed by atoms with Gasteiger partial charge in [0.05, 0.1) is 5.92 Å². The van der Waals surface area contributed by atoms with Crippen LogP contribution in [0.2, 0.25) is 0 Å². The van der Waals surface area contributed by atoms with E-state index in [1.807, 2.05) is 17.5 Å². The van der Waals surface area contributed by atoms with Gasteiger partial charge >= 0.3 is 0 Å². The molecule has 112 valence electrons. The molecule has 0 saturated carbocycles. The zero-order valence-electron chi connectivity index (χ0n) is 11.5. The van der Waals surface area contributed by atoms with E-state index in [4.69, 9.17) is 0 Å². The van der Waals surface area contributed by atoms with Gasteiger partial charge in [0.1, 0.15) is 10.7 Å². The van der Waals surface area contributed by atoms with Gasteiger partial charge in [0, 0.05) is 16.8 Å². The monoisotopic (exact) mass is 327 g/mol.